The van der Waals surface area contributed by atoms with Crippen molar-refractivity contribution in [3.63, 3.8) is 0 Å². The summed E-state index contributed by atoms with van der Waals surface area (Å²) < 4.78 is 73.6. The van der Waals surface area contributed by atoms with E-state index in [0.29, 0.717) is 5.69 Å². The molecule has 0 aliphatic heterocycles. The van der Waals surface area contributed by atoms with E-state index >= 15 is 0 Å². The van der Waals surface area contributed by atoms with E-state index in [4.69, 9.17) is 4.74 Å². The second-order valence-corrected chi connectivity index (χ2v) is 8.84. The maximum absolute atomic E-state index is 13.0. The monoisotopic (exact) mass is 476 g/mol. The second kappa shape index (κ2) is 9.76. The number of aromatic nitrogens is 2. The number of ether oxygens (including phenoxy) is 1. The van der Waals surface area contributed by atoms with Crippen LogP contribution in [-0.2, 0) is 14.9 Å². The van der Waals surface area contributed by atoms with Crippen LogP contribution in [0.3, 0.4) is 0 Å². The standard InChI is InChI=1S/C19H21F3N2O5S.C2H6/c1-7-9-13-12(8-2)15-16(29-30(26,27)19(20,21)22)14(11(3)10-24(15)23-13)17(25)28-18(4,5)6;1-2/h7-10H,2H2,1,3-6H3;1-2H3/b9-7-;. The predicted molar refractivity (Wildman–Crippen MR) is 117 cm³/mol. The number of carbonyl (C=O) groups is 1. The first-order chi connectivity index (χ1) is 14.6. The lowest BCUT2D eigenvalue weighted by Gasteiger charge is -2.22. The molecule has 7 nitrogen and oxygen atoms in total. The van der Waals surface area contributed by atoms with Gasteiger partial charge in [0.25, 0.3) is 0 Å². The van der Waals surface area contributed by atoms with Gasteiger partial charge >= 0.3 is 21.6 Å². The van der Waals surface area contributed by atoms with Crippen molar-refractivity contribution in [3.8, 4) is 5.75 Å². The summed E-state index contributed by atoms with van der Waals surface area (Å²) in [5, 5.41) is 4.21. The number of hydrogen-bond acceptors (Lipinski definition) is 6. The van der Waals surface area contributed by atoms with Crippen LogP contribution in [0.4, 0.5) is 13.2 Å². The molecule has 0 radical (unpaired) electrons. The highest BCUT2D eigenvalue weighted by molar-refractivity contribution is 7.88. The fourth-order valence-electron chi connectivity index (χ4n) is 2.63. The highest BCUT2D eigenvalue weighted by atomic mass is 32.2. The Morgan fingerprint density at radius 2 is 1.78 bits per heavy atom. The van der Waals surface area contributed by atoms with Crippen molar-refractivity contribution in [2.24, 2.45) is 0 Å². The van der Waals surface area contributed by atoms with Gasteiger partial charge in [0.15, 0.2) is 5.75 Å². The van der Waals surface area contributed by atoms with E-state index in [-0.39, 0.29) is 16.6 Å². The molecule has 0 spiro atoms. The third-order valence-electron chi connectivity index (χ3n) is 3.74. The molecule has 178 valence electrons. The van der Waals surface area contributed by atoms with Crippen molar-refractivity contribution in [2.75, 3.05) is 0 Å². The highest BCUT2D eigenvalue weighted by Gasteiger charge is 2.49. The maximum atomic E-state index is 13.0. The van der Waals surface area contributed by atoms with E-state index in [0.717, 1.165) is 4.52 Å². The van der Waals surface area contributed by atoms with Gasteiger partial charge in [-0.25, -0.2) is 9.31 Å². The quantitative estimate of drug-likeness (QED) is 0.320. The van der Waals surface area contributed by atoms with Gasteiger partial charge in [0.2, 0.25) is 0 Å². The van der Waals surface area contributed by atoms with Crippen molar-refractivity contribution < 1.29 is 35.3 Å². The van der Waals surface area contributed by atoms with Crippen LogP contribution >= 0.6 is 0 Å². The third kappa shape index (κ3) is 5.70. The Morgan fingerprint density at radius 1 is 1.22 bits per heavy atom. The summed E-state index contributed by atoms with van der Waals surface area (Å²) in [6, 6.07) is 0. The molecule has 0 unspecified atom stereocenters. The Labute approximate surface area is 185 Å². The van der Waals surface area contributed by atoms with Gasteiger partial charge in [-0.05, 0) is 46.3 Å². The minimum Gasteiger partial charge on any atom is -0.456 e. The number of esters is 1. The Bertz CT molecular complexity index is 1140. The number of rotatable bonds is 5. The number of hydrogen-bond donors (Lipinski definition) is 0. The number of fused-ring (bicyclic) bond motifs is 1. The van der Waals surface area contributed by atoms with Crippen LogP contribution in [-0.4, -0.2) is 35.1 Å². The van der Waals surface area contributed by atoms with E-state index in [1.54, 1.807) is 39.8 Å². The zero-order valence-corrected chi connectivity index (χ0v) is 19.8. The lowest BCUT2D eigenvalue weighted by Crippen LogP contribution is -2.30. The molecular formula is C21H27F3N2O5S. The molecule has 11 heteroatoms. The van der Waals surface area contributed by atoms with E-state index in [1.165, 1.54) is 19.2 Å². The molecule has 0 atom stereocenters. The average molecular weight is 477 g/mol. The fourth-order valence-corrected chi connectivity index (χ4v) is 3.11. The van der Waals surface area contributed by atoms with Gasteiger partial charge in [0.1, 0.15) is 16.7 Å². The molecule has 0 aliphatic rings. The van der Waals surface area contributed by atoms with Gasteiger partial charge in [0, 0.05) is 11.8 Å². The molecule has 2 aromatic rings. The van der Waals surface area contributed by atoms with Crippen LogP contribution in [0.5, 0.6) is 5.75 Å². The maximum Gasteiger partial charge on any atom is 0.534 e. The van der Waals surface area contributed by atoms with E-state index in [9.17, 15) is 26.4 Å². The summed E-state index contributed by atoms with van der Waals surface area (Å²) in [5.74, 6) is -1.88. The SMILES string of the molecule is C=Cc1c(/C=C\C)nn2cc(C)c(C(=O)OC(C)(C)C)c(OS(=O)(=O)C(F)(F)F)c12.CC. The van der Waals surface area contributed by atoms with Gasteiger partial charge in [-0.3, -0.25) is 0 Å². The van der Waals surface area contributed by atoms with Gasteiger partial charge in [-0.15, -0.1) is 0 Å². The largest absolute Gasteiger partial charge is 0.534 e. The van der Waals surface area contributed by atoms with Gasteiger partial charge in [-0.1, -0.05) is 32.6 Å². The van der Waals surface area contributed by atoms with Gasteiger partial charge < -0.3 is 8.92 Å². The lowest BCUT2D eigenvalue weighted by molar-refractivity contribution is -0.0500. The lowest BCUT2D eigenvalue weighted by atomic mass is 10.1. The Kier molecular flexibility index (Phi) is 8.30. The number of nitrogens with zero attached hydrogens (tertiary/aromatic N) is 2. The molecule has 2 heterocycles. The molecule has 32 heavy (non-hydrogen) atoms. The number of halogens is 3. The molecule has 0 aromatic carbocycles. The van der Waals surface area contributed by atoms with E-state index in [1.807, 2.05) is 13.8 Å². The van der Waals surface area contributed by atoms with Crippen molar-refractivity contribution in [3.05, 3.63) is 41.2 Å². The first-order valence-electron chi connectivity index (χ1n) is 9.68. The minimum atomic E-state index is -6.09. The summed E-state index contributed by atoms with van der Waals surface area (Å²) >= 11 is 0. The number of carbonyl (C=O) groups excluding carboxylic acids is 1. The smallest absolute Gasteiger partial charge is 0.456 e. The number of aryl methyl sites for hydroxylation is 1. The molecule has 0 saturated heterocycles. The summed E-state index contributed by atoms with van der Waals surface area (Å²) in [6.45, 7) is 15.4. The van der Waals surface area contributed by atoms with E-state index in [2.05, 4.69) is 15.9 Å². The summed E-state index contributed by atoms with van der Waals surface area (Å²) in [5.41, 5.74) is -6.74. The van der Waals surface area contributed by atoms with Crippen LogP contribution in [0.15, 0.2) is 18.9 Å². The van der Waals surface area contributed by atoms with Crippen LogP contribution < -0.4 is 4.18 Å². The van der Waals surface area contributed by atoms with Gasteiger partial charge in [-0.2, -0.15) is 26.7 Å². The average Bonchev–Trinajstić information content (AvgIpc) is 2.97. The number of alkyl halides is 3. The Balaban J connectivity index is 0.00000249. The zero-order valence-electron chi connectivity index (χ0n) is 19.0. The Hall–Kier alpha value is -2.82. The third-order valence-corrected chi connectivity index (χ3v) is 4.69. The van der Waals surface area contributed by atoms with E-state index < -0.39 is 38.5 Å². The molecule has 0 aliphatic carbocycles. The number of pyridine rings is 1. The van der Waals surface area contributed by atoms with Crippen molar-refractivity contribution in [2.45, 2.75) is 59.6 Å². The summed E-state index contributed by atoms with van der Waals surface area (Å²) in [6.07, 6.45) is 5.82. The topological polar surface area (TPSA) is 87.0 Å². The normalized spacial score (nSPS) is 12.4. The van der Waals surface area contributed by atoms with Crippen LogP contribution in [0.1, 0.15) is 68.7 Å². The molecule has 2 aromatic heterocycles. The van der Waals surface area contributed by atoms with Crippen molar-refractivity contribution >= 4 is 33.8 Å². The molecule has 0 bridgehead atoms. The van der Waals surface area contributed by atoms with Crippen molar-refractivity contribution in [1.82, 2.24) is 9.61 Å². The molecule has 0 fully saturated rings. The van der Waals surface area contributed by atoms with Gasteiger partial charge in [0.05, 0.1) is 5.69 Å². The summed E-state index contributed by atoms with van der Waals surface area (Å²) in [7, 11) is -6.09. The van der Waals surface area contributed by atoms with Crippen LogP contribution in [0.25, 0.3) is 17.7 Å². The molecular weight excluding hydrogens is 449 g/mol. The molecule has 0 amide bonds. The molecule has 0 N–H and O–H groups in total. The number of allylic oxidation sites excluding steroid dienone is 1. The van der Waals surface area contributed by atoms with Crippen LogP contribution in [0.2, 0.25) is 0 Å². The van der Waals surface area contributed by atoms with Crippen molar-refractivity contribution in [1.29, 1.82) is 0 Å². The highest BCUT2D eigenvalue weighted by Crippen LogP contribution is 2.37. The summed E-state index contributed by atoms with van der Waals surface area (Å²) in [4.78, 5) is 12.8. The minimum absolute atomic E-state index is 0.106. The second-order valence-electron chi connectivity index (χ2n) is 7.30. The predicted octanol–water partition coefficient (Wildman–Crippen LogP) is 5.53. The molecule has 2 rings (SSSR count). The molecule has 0 saturated carbocycles. The Morgan fingerprint density at radius 3 is 2.22 bits per heavy atom. The van der Waals surface area contributed by atoms with Crippen LogP contribution in [0, 0.1) is 6.92 Å². The first-order valence-corrected chi connectivity index (χ1v) is 11.1. The first kappa shape index (κ1) is 27.2. The zero-order chi connectivity index (χ0) is 25.1. The fraction of sp³-hybridized carbons (Fsp3) is 0.429.